The van der Waals surface area contributed by atoms with E-state index in [-0.39, 0.29) is 12.5 Å². The minimum Gasteiger partial charge on any atom is -0.490 e. The summed E-state index contributed by atoms with van der Waals surface area (Å²) in [6, 6.07) is 10.3. The molecular formula is C22H27Cl2NO4. The number of aliphatic carboxylic acids is 1. The van der Waals surface area contributed by atoms with E-state index < -0.39 is 12.0 Å². The standard InChI is InChI=1S/C22H27Cl2NO4/c1-4-28-21-11-15(12-25-19(22(26)27)10-14(2)3)8-9-20(21)29-13-16-17(23)6-5-7-18(16)24/h5-9,11,14,19,25H,4,10,12-13H2,1-3H3,(H,26,27). The van der Waals surface area contributed by atoms with E-state index in [9.17, 15) is 9.90 Å². The molecule has 2 rings (SSSR count). The first-order valence-electron chi connectivity index (χ1n) is 9.59. The van der Waals surface area contributed by atoms with Gasteiger partial charge in [0.25, 0.3) is 0 Å². The molecule has 0 fully saturated rings. The summed E-state index contributed by atoms with van der Waals surface area (Å²) in [5.41, 5.74) is 1.62. The molecule has 0 amide bonds. The number of halogens is 2. The van der Waals surface area contributed by atoms with Crippen molar-refractivity contribution in [1.29, 1.82) is 0 Å². The van der Waals surface area contributed by atoms with Crippen LogP contribution in [0.15, 0.2) is 36.4 Å². The molecule has 0 spiro atoms. The van der Waals surface area contributed by atoms with Crippen LogP contribution in [0.2, 0.25) is 10.0 Å². The lowest BCUT2D eigenvalue weighted by Crippen LogP contribution is -2.37. The van der Waals surface area contributed by atoms with E-state index in [2.05, 4.69) is 5.32 Å². The van der Waals surface area contributed by atoms with Gasteiger partial charge in [-0.25, -0.2) is 0 Å². The predicted octanol–water partition coefficient (Wildman–Crippen LogP) is 5.56. The number of carboxylic acids is 1. The topological polar surface area (TPSA) is 67.8 Å². The quantitative estimate of drug-likeness (QED) is 0.479. The zero-order valence-corrected chi connectivity index (χ0v) is 18.4. The molecule has 0 aliphatic carbocycles. The molecule has 0 radical (unpaired) electrons. The van der Waals surface area contributed by atoms with Crippen LogP contribution in [0.25, 0.3) is 0 Å². The van der Waals surface area contributed by atoms with Crippen LogP contribution >= 0.6 is 23.2 Å². The minimum atomic E-state index is -0.847. The third-order valence-electron chi connectivity index (χ3n) is 4.30. The number of nitrogens with one attached hydrogen (secondary N) is 1. The monoisotopic (exact) mass is 439 g/mol. The fraction of sp³-hybridized carbons (Fsp3) is 0.409. The summed E-state index contributed by atoms with van der Waals surface area (Å²) in [4.78, 5) is 11.4. The molecule has 0 aliphatic heterocycles. The first-order chi connectivity index (χ1) is 13.8. The van der Waals surface area contributed by atoms with Crippen molar-refractivity contribution in [2.45, 2.75) is 46.4 Å². The van der Waals surface area contributed by atoms with Crippen molar-refractivity contribution in [3.8, 4) is 11.5 Å². The van der Waals surface area contributed by atoms with Crippen molar-refractivity contribution < 1.29 is 19.4 Å². The van der Waals surface area contributed by atoms with Gasteiger partial charge in [-0.2, -0.15) is 0 Å². The number of carbonyl (C=O) groups is 1. The number of rotatable bonds is 11. The fourth-order valence-corrected chi connectivity index (χ4v) is 3.36. The molecule has 0 aliphatic rings. The highest BCUT2D eigenvalue weighted by atomic mass is 35.5. The van der Waals surface area contributed by atoms with Gasteiger partial charge in [0.1, 0.15) is 12.6 Å². The Bertz CT molecular complexity index is 806. The molecule has 2 aromatic rings. The molecule has 1 atom stereocenters. The minimum absolute atomic E-state index is 0.214. The highest BCUT2D eigenvalue weighted by Gasteiger charge is 2.18. The van der Waals surface area contributed by atoms with Crippen molar-refractivity contribution in [3.63, 3.8) is 0 Å². The smallest absolute Gasteiger partial charge is 0.320 e. The molecule has 0 bridgehead atoms. The van der Waals surface area contributed by atoms with E-state index in [1.807, 2.05) is 39.0 Å². The number of carboxylic acid groups (broad SMARTS) is 1. The molecule has 2 aromatic carbocycles. The van der Waals surface area contributed by atoms with Gasteiger partial charge in [-0.05, 0) is 49.1 Å². The SMILES string of the molecule is CCOc1cc(CNC(CC(C)C)C(=O)O)ccc1OCc1c(Cl)cccc1Cl. The number of hydrogen-bond donors (Lipinski definition) is 2. The zero-order chi connectivity index (χ0) is 21.4. The van der Waals surface area contributed by atoms with E-state index in [1.165, 1.54) is 0 Å². The molecule has 0 aromatic heterocycles. The Morgan fingerprint density at radius 3 is 2.38 bits per heavy atom. The maximum absolute atomic E-state index is 11.4. The molecule has 5 nitrogen and oxygen atoms in total. The number of hydrogen-bond acceptors (Lipinski definition) is 4. The summed E-state index contributed by atoms with van der Waals surface area (Å²) in [5.74, 6) is 0.601. The van der Waals surface area contributed by atoms with Crippen LogP contribution in [-0.4, -0.2) is 23.7 Å². The Morgan fingerprint density at radius 2 is 1.79 bits per heavy atom. The first-order valence-corrected chi connectivity index (χ1v) is 10.3. The predicted molar refractivity (Wildman–Crippen MR) is 116 cm³/mol. The second-order valence-electron chi connectivity index (χ2n) is 7.10. The van der Waals surface area contributed by atoms with E-state index in [0.29, 0.717) is 46.7 Å². The molecule has 2 N–H and O–H groups in total. The van der Waals surface area contributed by atoms with Crippen molar-refractivity contribution in [2.75, 3.05) is 6.61 Å². The van der Waals surface area contributed by atoms with Gasteiger partial charge < -0.3 is 19.9 Å². The lowest BCUT2D eigenvalue weighted by Gasteiger charge is -2.18. The Hall–Kier alpha value is -1.95. The maximum Gasteiger partial charge on any atom is 0.320 e. The van der Waals surface area contributed by atoms with Crippen molar-refractivity contribution >= 4 is 29.2 Å². The Labute approximate surface area is 181 Å². The third-order valence-corrected chi connectivity index (χ3v) is 5.01. The van der Waals surface area contributed by atoms with Crippen LogP contribution in [-0.2, 0) is 17.9 Å². The fourth-order valence-electron chi connectivity index (χ4n) is 2.85. The van der Waals surface area contributed by atoms with Crippen LogP contribution in [0.1, 0.15) is 38.3 Å². The van der Waals surface area contributed by atoms with Gasteiger partial charge in [-0.1, -0.05) is 49.2 Å². The lowest BCUT2D eigenvalue weighted by molar-refractivity contribution is -0.140. The molecular weight excluding hydrogens is 413 g/mol. The van der Waals surface area contributed by atoms with Gasteiger partial charge >= 0.3 is 5.97 Å². The van der Waals surface area contributed by atoms with Gasteiger partial charge in [0.15, 0.2) is 11.5 Å². The van der Waals surface area contributed by atoms with E-state index in [4.69, 9.17) is 32.7 Å². The van der Waals surface area contributed by atoms with Gasteiger partial charge in [-0.15, -0.1) is 0 Å². The van der Waals surface area contributed by atoms with Gasteiger partial charge in [-0.3, -0.25) is 4.79 Å². The molecule has 29 heavy (non-hydrogen) atoms. The highest BCUT2D eigenvalue weighted by molar-refractivity contribution is 6.35. The summed E-state index contributed by atoms with van der Waals surface area (Å²) < 4.78 is 11.6. The van der Waals surface area contributed by atoms with E-state index >= 15 is 0 Å². The Kier molecular flexibility index (Phi) is 9.08. The van der Waals surface area contributed by atoms with Crippen LogP contribution in [0.4, 0.5) is 0 Å². The zero-order valence-electron chi connectivity index (χ0n) is 16.9. The van der Waals surface area contributed by atoms with Gasteiger partial charge in [0, 0.05) is 22.2 Å². The van der Waals surface area contributed by atoms with Crippen LogP contribution < -0.4 is 14.8 Å². The third kappa shape index (κ3) is 7.11. The largest absolute Gasteiger partial charge is 0.490 e. The summed E-state index contributed by atoms with van der Waals surface area (Å²) in [7, 11) is 0. The first kappa shape index (κ1) is 23.3. The lowest BCUT2D eigenvalue weighted by atomic mass is 10.0. The van der Waals surface area contributed by atoms with E-state index in [1.54, 1.807) is 18.2 Å². The van der Waals surface area contributed by atoms with Gasteiger partial charge in [0.05, 0.1) is 6.61 Å². The summed E-state index contributed by atoms with van der Waals surface area (Å²) in [6.45, 7) is 7.00. The molecule has 158 valence electrons. The van der Waals surface area contributed by atoms with Crippen LogP contribution in [0, 0.1) is 5.92 Å². The molecule has 0 heterocycles. The number of ether oxygens (including phenoxy) is 2. The summed E-state index contributed by atoms with van der Waals surface area (Å²) in [5, 5.41) is 13.6. The normalized spacial score (nSPS) is 12.1. The van der Waals surface area contributed by atoms with Crippen molar-refractivity contribution in [1.82, 2.24) is 5.32 Å². The second kappa shape index (κ2) is 11.3. The second-order valence-corrected chi connectivity index (χ2v) is 7.92. The average molecular weight is 440 g/mol. The van der Waals surface area contributed by atoms with Crippen molar-refractivity contribution in [3.05, 3.63) is 57.6 Å². The summed E-state index contributed by atoms with van der Waals surface area (Å²) in [6.07, 6.45) is 0.563. The molecule has 0 saturated carbocycles. The Balaban J connectivity index is 2.10. The van der Waals surface area contributed by atoms with Gasteiger partial charge in [0.2, 0.25) is 0 Å². The van der Waals surface area contributed by atoms with Crippen LogP contribution in [0.3, 0.4) is 0 Å². The molecule has 7 heteroatoms. The molecule has 0 saturated heterocycles. The Morgan fingerprint density at radius 1 is 1.10 bits per heavy atom. The van der Waals surface area contributed by atoms with Crippen molar-refractivity contribution in [2.24, 2.45) is 5.92 Å². The average Bonchev–Trinajstić information content (AvgIpc) is 2.65. The summed E-state index contributed by atoms with van der Waals surface area (Å²) >= 11 is 12.4. The van der Waals surface area contributed by atoms with E-state index in [0.717, 1.165) is 5.56 Å². The molecule has 1 unspecified atom stereocenters. The highest BCUT2D eigenvalue weighted by Crippen LogP contribution is 2.31. The maximum atomic E-state index is 11.4. The number of benzene rings is 2. The van der Waals surface area contributed by atoms with Crippen LogP contribution in [0.5, 0.6) is 11.5 Å².